The zero-order valence-corrected chi connectivity index (χ0v) is 15.4. The SMILES string of the molecule is O=C(O)/C=C/c1ccc(OC(F)(F)c2ccc(CCCCCCF)cc2)cc1. The Morgan fingerprint density at radius 1 is 0.964 bits per heavy atom. The summed E-state index contributed by atoms with van der Waals surface area (Å²) in [5.74, 6) is -1.11. The number of ether oxygens (including phenoxy) is 1. The third kappa shape index (κ3) is 7.10. The van der Waals surface area contributed by atoms with Gasteiger partial charge in [0.15, 0.2) is 0 Å². The van der Waals surface area contributed by atoms with Crippen molar-refractivity contribution in [3.63, 3.8) is 0 Å². The third-order valence-corrected chi connectivity index (χ3v) is 4.18. The number of aryl methyl sites for hydroxylation is 1. The number of hydrogen-bond acceptors (Lipinski definition) is 2. The predicted octanol–water partition coefficient (Wildman–Crippen LogP) is 5.99. The molecule has 0 heterocycles. The molecule has 0 saturated heterocycles. The topological polar surface area (TPSA) is 46.5 Å². The number of halogens is 3. The highest BCUT2D eigenvalue weighted by atomic mass is 19.3. The van der Waals surface area contributed by atoms with Gasteiger partial charge in [0, 0.05) is 6.08 Å². The molecule has 3 nitrogen and oxygen atoms in total. The first-order valence-corrected chi connectivity index (χ1v) is 9.14. The molecule has 0 spiro atoms. The van der Waals surface area contributed by atoms with Crippen LogP contribution in [0.4, 0.5) is 13.2 Å². The number of alkyl halides is 3. The third-order valence-electron chi connectivity index (χ3n) is 4.18. The molecule has 0 aliphatic heterocycles. The summed E-state index contributed by atoms with van der Waals surface area (Å²) in [5.41, 5.74) is 1.27. The Balaban J connectivity index is 1.93. The van der Waals surface area contributed by atoms with Gasteiger partial charge >= 0.3 is 12.1 Å². The van der Waals surface area contributed by atoms with Gasteiger partial charge in [-0.1, -0.05) is 37.1 Å². The standard InChI is InChI=1S/C22H23F3O3/c23-16-4-2-1-3-5-17-6-11-19(12-7-17)22(24,25)28-20-13-8-18(9-14-20)10-15-21(26)27/h6-15H,1-5,16H2,(H,26,27)/b15-10+. The smallest absolute Gasteiger partial charge is 0.426 e. The van der Waals surface area contributed by atoms with E-state index in [9.17, 15) is 18.0 Å². The molecule has 1 N–H and O–H groups in total. The zero-order chi connectivity index (χ0) is 20.4. The summed E-state index contributed by atoms with van der Waals surface area (Å²) < 4.78 is 45.6. The van der Waals surface area contributed by atoms with E-state index < -0.39 is 12.1 Å². The lowest BCUT2D eigenvalue weighted by molar-refractivity contribution is -0.185. The summed E-state index contributed by atoms with van der Waals surface area (Å²) >= 11 is 0. The molecule has 2 aromatic carbocycles. The minimum Gasteiger partial charge on any atom is -0.478 e. The first-order chi connectivity index (χ1) is 13.4. The van der Waals surface area contributed by atoms with Crippen LogP contribution in [0.5, 0.6) is 5.75 Å². The maximum Gasteiger partial charge on any atom is 0.426 e. The fraction of sp³-hybridized carbons (Fsp3) is 0.318. The molecule has 2 rings (SSSR count). The monoisotopic (exact) mass is 392 g/mol. The fourth-order valence-corrected chi connectivity index (χ4v) is 2.66. The Bertz CT molecular complexity index is 769. The lowest BCUT2D eigenvalue weighted by Crippen LogP contribution is -2.21. The first-order valence-electron chi connectivity index (χ1n) is 9.14. The van der Waals surface area contributed by atoms with Gasteiger partial charge in [0.05, 0.1) is 12.2 Å². The van der Waals surface area contributed by atoms with Crippen LogP contribution in [0, 0.1) is 0 Å². The molecule has 2 aromatic rings. The van der Waals surface area contributed by atoms with Crippen LogP contribution in [0.3, 0.4) is 0 Å². The molecule has 0 aromatic heterocycles. The summed E-state index contributed by atoms with van der Waals surface area (Å²) in [5, 5.41) is 8.59. The number of rotatable bonds is 11. The lowest BCUT2D eigenvalue weighted by atomic mass is 10.0. The van der Waals surface area contributed by atoms with Crippen molar-refractivity contribution in [2.45, 2.75) is 38.2 Å². The highest BCUT2D eigenvalue weighted by molar-refractivity contribution is 5.85. The minimum atomic E-state index is -3.49. The van der Waals surface area contributed by atoms with E-state index in [-0.39, 0.29) is 18.0 Å². The number of unbranched alkanes of at least 4 members (excludes halogenated alkanes) is 3. The zero-order valence-electron chi connectivity index (χ0n) is 15.4. The largest absolute Gasteiger partial charge is 0.478 e. The van der Waals surface area contributed by atoms with E-state index in [1.807, 2.05) is 0 Å². The van der Waals surface area contributed by atoms with E-state index in [1.165, 1.54) is 42.5 Å². The van der Waals surface area contributed by atoms with Crippen molar-refractivity contribution in [2.75, 3.05) is 6.67 Å². The average Bonchev–Trinajstić information content (AvgIpc) is 2.67. The average molecular weight is 392 g/mol. The summed E-state index contributed by atoms with van der Waals surface area (Å²) in [6.07, 6.45) is 2.83. The van der Waals surface area contributed by atoms with Gasteiger partial charge in [-0.05, 0) is 60.7 Å². The molecule has 150 valence electrons. The van der Waals surface area contributed by atoms with Gasteiger partial charge < -0.3 is 9.84 Å². The normalized spacial score (nSPS) is 11.7. The van der Waals surface area contributed by atoms with Gasteiger partial charge in [0.1, 0.15) is 5.75 Å². The number of carboxylic acid groups (broad SMARTS) is 1. The molecule has 0 atom stereocenters. The number of carboxylic acids is 1. The van der Waals surface area contributed by atoms with Crippen LogP contribution in [0.2, 0.25) is 0 Å². The van der Waals surface area contributed by atoms with E-state index in [2.05, 4.69) is 0 Å². The molecule has 0 amide bonds. The van der Waals surface area contributed by atoms with Gasteiger partial charge in [-0.25, -0.2) is 4.79 Å². The number of benzene rings is 2. The fourth-order valence-electron chi connectivity index (χ4n) is 2.66. The molecule has 0 radical (unpaired) electrons. The molecule has 0 bridgehead atoms. The van der Waals surface area contributed by atoms with Crippen LogP contribution in [-0.2, 0) is 17.3 Å². The van der Waals surface area contributed by atoms with Crippen LogP contribution < -0.4 is 4.74 Å². The van der Waals surface area contributed by atoms with Crippen molar-refractivity contribution in [1.29, 1.82) is 0 Å². The van der Waals surface area contributed by atoms with Crippen LogP contribution >= 0.6 is 0 Å². The Labute approximate surface area is 162 Å². The summed E-state index contributed by atoms with van der Waals surface area (Å²) in [7, 11) is 0. The number of aliphatic carboxylic acids is 1. The van der Waals surface area contributed by atoms with Crippen LogP contribution in [0.15, 0.2) is 54.6 Å². The maximum atomic E-state index is 14.4. The van der Waals surface area contributed by atoms with Gasteiger partial charge in [-0.2, -0.15) is 8.78 Å². The molecule has 6 heteroatoms. The highest BCUT2D eigenvalue weighted by Gasteiger charge is 2.34. The maximum absolute atomic E-state index is 14.4. The van der Waals surface area contributed by atoms with E-state index in [0.717, 1.165) is 37.3 Å². The second-order valence-electron chi connectivity index (χ2n) is 6.41. The van der Waals surface area contributed by atoms with Crippen molar-refractivity contribution in [1.82, 2.24) is 0 Å². The van der Waals surface area contributed by atoms with Crippen LogP contribution in [0.25, 0.3) is 6.08 Å². The van der Waals surface area contributed by atoms with Gasteiger partial charge in [-0.3, -0.25) is 4.39 Å². The van der Waals surface area contributed by atoms with Crippen molar-refractivity contribution in [3.05, 3.63) is 71.3 Å². The summed E-state index contributed by atoms with van der Waals surface area (Å²) in [6, 6.07) is 11.7. The summed E-state index contributed by atoms with van der Waals surface area (Å²) in [4.78, 5) is 10.5. The van der Waals surface area contributed by atoms with Crippen molar-refractivity contribution < 1.29 is 27.8 Å². The van der Waals surface area contributed by atoms with Crippen molar-refractivity contribution in [3.8, 4) is 5.75 Å². The molecule has 28 heavy (non-hydrogen) atoms. The quantitative estimate of drug-likeness (QED) is 0.378. The molecule has 0 aliphatic carbocycles. The Morgan fingerprint density at radius 3 is 2.21 bits per heavy atom. The highest BCUT2D eigenvalue weighted by Crippen LogP contribution is 2.32. The van der Waals surface area contributed by atoms with Crippen LogP contribution in [0.1, 0.15) is 42.4 Å². The molecule has 0 fully saturated rings. The second kappa shape index (κ2) is 10.5. The molecular formula is C22H23F3O3. The minimum absolute atomic E-state index is 0.0191. The van der Waals surface area contributed by atoms with E-state index in [4.69, 9.17) is 9.84 Å². The van der Waals surface area contributed by atoms with Crippen molar-refractivity contribution >= 4 is 12.0 Å². The molecule has 0 saturated carbocycles. The van der Waals surface area contributed by atoms with E-state index in [1.54, 1.807) is 12.1 Å². The number of carbonyl (C=O) groups is 1. The summed E-state index contributed by atoms with van der Waals surface area (Å²) in [6.45, 7) is -0.300. The Hall–Kier alpha value is -2.76. The molecular weight excluding hydrogens is 369 g/mol. The van der Waals surface area contributed by atoms with E-state index >= 15 is 0 Å². The lowest BCUT2D eigenvalue weighted by Gasteiger charge is -2.18. The predicted molar refractivity (Wildman–Crippen MR) is 102 cm³/mol. The number of hydrogen-bond donors (Lipinski definition) is 1. The van der Waals surface area contributed by atoms with E-state index in [0.29, 0.717) is 12.0 Å². The molecule has 0 unspecified atom stereocenters. The molecule has 0 aliphatic rings. The second-order valence-corrected chi connectivity index (χ2v) is 6.41. The van der Waals surface area contributed by atoms with Gasteiger partial charge in [-0.15, -0.1) is 0 Å². The van der Waals surface area contributed by atoms with Gasteiger partial charge in [0.25, 0.3) is 0 Å². The Morgan fingerprint density at radius 2 is 1.61 bits per heavy atom. The van der Waals surface area contributed by atoms with Crippen LogP contribution in [-0.4, -0.2) is 17.8 Å². The Kier molecular flexibility index (Phi) is 8.11. The van der Waals surface area contributed by atoms with Gasteiger partial charge in [0.2, 0.25) is 0 Å². The first kappa shape index (κ1) is 21.5. The van der Waals surface area contributed by atoms with Crippen molar-refractivity contribution in [2.24, 2.45) is 0 Å².